The van der Waals surface area contributed by atoms with E-state index in [4.69, 9.17) is 5.11 Å². The molecule has 1 fully saturated rings. The Balaban J connectivity index is 1.84. The summed E-state index contributed by atoms with van der Waals surface area (Å²) in [4.78, 5) is 14.4. The van der Waals surface area contributed by atoms with Gasteiger partial charge in [0.15, 0.2) is 5.78 Å². The smallest absolute Gasteiger partial charge is 0.164 e. The van der Waals surface area contributed by atoms with Crippen LogP contribution in [0.5, 0.6) is 0 Å². The second-order valence-corrected chi connectivity index (χ2v) is 5.96. The van der Waals surface area contributed by atoms with Crippen LogP contribution in [0.4, 0.5) is 4.39 Å². The van der Waals surface area contributed by atoms with Crippen LogP contribution >= 0.6 is 0 Å². The molecule has 116 valence electrons. The summed E-state index contributed by atoms with van der Waals surface area (Å²) in [5.74, 6) is 0.218. The highest BCUT2D eigenvalue weighted by Crippen LogP contribution is 2.19. The Morgan fingerprint density at radius 1 is 1.48 bits per heavy atom. The normalized spacial score (nSPS) is 19.7. The van der Waals surface area contributed by atoms with E-state index in [-0.39, 0.29) is 18.2 Å². The van der Waals surface area contributed by atoms with E-state index in [1.807, 2.05) is 0 Å². The lowest BCUT2D eigenvalue weighted by atomic mass is 9.95. The summed E-state index contributed by atoms with van der Waals surface area (Å²) in [6.07, 6.45) is 3.55. The molecule has 1 unspecified atom stereocenters. The summed E-state index contributed by atoms with van der Waals surface area (Å²) in [6, 6.07) is 4.69. The molecule has 1 aromatic rings. The number of halogens is 1. The van der Waals surface area contributed by atoms with Gasteiger partial charge in [-0.1, -0.05) is 12.1 Å². The Morgan fingerprint density at radius 2 is 2.29 bits per heavy atom. The number of likely N-dealkylation sites (tertiary alicyclic amines) is 1. The molecule has 1 atom stereocenters. The fraction of sp³-hybridized carbons (Fsp3) is 0.588. The second kappa shape index (κ2) is 7.66. The minimum absolute atomic E-state index is 0.00168. The number of ketones is 1. The Hall–Kier alpha value is -1.26. The first-order chi connectivity index (χ1) is 10.1. The van der Waals surface area contributed by atoms with Gasteiger partial charge in [-0.3, -0.25) is 4.79 Å². The van der Waals surface area contributed by atoms with Gasteiger partial charge >= 0.3 is 0 Å². The van der Waals surface area contributed by atoms with Gasteiger partial charge < -0.3 is 10.0 Å². The summed E-state index contributed by atoms with van der Waals surface area (Å²) >= 11 is 0. The Morgan fingerprint density at radius 3 is 3.00 bits per heavy atom. The van der Waals surface area contributed by atoms with E-state index in [0.29, 0.717) is 23.5 Å². The van der Waals surface area contributed by atoms with Crippen molar-refractivity contribution in [2.24, 2.45) is 5.92 Å². The van der Waals surface area contributed by atoms with Gasteiger partial charge in [-0.05, 0) is 50.3 Å². The molecule has 3 nitrogen and oxygen atoms in total. The number of nitrogens with zero attached hydrogens (tertiary/aromatic N) is 1. The topological polar surface area (TPSA) is 40.5 Å². The van der Waals surface area contributed by atoms with Crippen LogP contribution in [0.1, 0.15) is 41.6 Å². The van der Waals surface area contributed by atoms with Crippen LogP contribution < -0.4 is 0 Å². The molecule has 0 saturated carbocycles. The molecule has 1 aliphatic rings. The van der Waals surface area contributed by atoms with Crippen molar-refractivity contribution in [2.75, 3.05) is 26.2 Å². The fourth-order valence-corrected chi connectivity index (χ4v) is 2.94. The van der Waals surface area contributed by atoms with Crippen LogP contribution in [0.25, 0.3) is 0 Å². The monoisotopic (exact) mass is 293 g/mol. The SMILES string of the molecule is Cc1ccc(C(=O)CCN2CCCC(CCO)C2)cc1F. The predicted molar refractivity (Wildman–Crippen MR) is 81.0 cm³/mol. The van der Waals surface area contributed by atoms with Crippen LogP contribution in [-0.4, -0.2) is 42.0 Å². The number of aliphatic hydroxyl groups excluding tert-OH is 1. The summed E-state index contributed by atoms with van der Waals surface area (Å²) < 4.78 is 13.5. The number of rotatable bonds is 6. The predicted octanol–water partition coefficient (Wildman–Crippen LogP) is 2.80. The van der Waals surface area contributed by atoms with Gasteiger partial charge in [0.2, 0.25) is 0 Å². The molecular weight excluding hydrogens is 269 g/mol. The van der Waals surface area contributed by atoms with Gasteiger partial charge in [0.25, 0.3) is 0 Å². The maximum absolute atomic E-state index is 13.5. The highest BCUT2D eigenvalue weighted by Gasteiger charge is 2.20. The first kappa shape index (κ1) is 16.1. The quantitative estimate of drug-likeness (QED) is 0.820. The van der Waals surface area contributed by atoms with Crippen molar-refractivity contribution in [3.63, 3.8) is 0 Å². The van der Waals surface area contributed by atoms with E-state index in [0.717, 1.165) is 38.9 Å². The van der Waals surface area contributed by atoms with Crippen molar-refractivity contribution in [3.8, 4) is 0 Å². The maximum atomic E-state index is 13.5. The van der Waals surface area contributed by atoms with Crippen LogP contribution in [0.2, 0.25) is 0 Å². The lowest BCUT2D eigenvalue weighted by Crippen LogP contribution is -2.37. The third kappa shape index (κ3) is 4.61. The summed E-state index contributed by atoms with van der Waals surface area (Å²) in [6.45, 7) is 4.61. The minimum Gasteiger partial charge on any atom is -0.396 e. The molecular formula is C17H24FNO2. The number of hydrogen-bond acceptors (Lipinski definition) is 3. The van der Waals surface area contributed by atoms with Crippen LogP contribution in [0.15, 0.2) is 18.2 Å². The van der Waals surface area contributed by atoms with Crippen molar-refractivity contribution < 1.29 is 14.3 Å². The van der Waals surface area contributed by atoms with Gasteiger partial charge in [0.1, 0.15) is 5.82 Å². The van der Waals surface area contributed by atoms with Gasteiger partial charge in [-0.15, -0.1) is 0 Å². The lowest BCUT2D eigenvalue weighted by Gasteiger charge is -2.32. The van der Waals surface area contributed by atoms with Gasteiger partial charge in [-0.2, -0.15) is 0 Å². The van der Waals surface area contributed by atoms with Crippen molar-refractivity contribution in [3.05, 3.63) is 35.1 Å². The Labute approximate surface area is 125 Å². The van der Waals surface area contributed by atoms with E-state index >= 15 is 0 Å². The Kier molecular flexibility index (Phi) is 5.88. The molecule has 1 aromatic carbocycles. The summed E-state index contributed by atoms with van der Waals surface area (Å²) in [5, 5.41) is 9.01. The largest absolute Gasteiger partial charge is 0.396 e. The molecule has 0 spiro atoms. The number of benzene rings is 1. The fourth-order valence-electron chi connectivity index (χ4n) is 2.94. The van der Waals surface area contributed by atoms with E-state index in [1.54, 1.807) is 19.1 Å². The zero-order chi connectivity index (χ0) is 15.2. The molecule has 0 aliphatic carbocycles. The molecule has 21 heavy (non-hydrogen) atoms. The number of carbonyl (C=O) groups is 1. The van der Waals surface area contributed by atoms with Crippen molar-refractivity contribution in [2.45, 2.75) is 32.6 Å². The first-order valence-electron chi connectivity index (χ1n) is 7.72. The zero-order valence-corrected chi connectivity index (χ0v) is 12.6. The second-order valence-electron chi connectivity index (χ2n) is 5.96. The summed E-state index contributed by atoms with van der Waals surface area (Å²) in [7, 11) is 0. The third-order valence-corrected chi connectivity index (χ3v) is 4.29. The van der Waals surface area contributed by atoms with Crippen LogP contribution in [0.3, 0.4) is 0 Å². The standard InChI is InChI=1S/C17H24FNO2/c1-13-4-5-15(11-16(13)18)17(21)6-9-19-8-2-3-14(12-19)7-10-20/h4-5,11,14,20H,2-3,6-10,12H2,1H3. The molecule has 4 heteroatoms. The van der Waals surface area contributed by atoms with Crippen molar-refractivity contribution in [1.82, 2.24) is 4.90 Å². The molecule has 2 rings (SSSR count). The van der Waals surface area contributed by atoms with Gasteiger partial charge in [-0.25, -0.2) is 4.39 Å². The number of aryl methyl sites for hydroxylation is 1. The van der Waals surface area contributed by atoms with E-state index < -0.39 is 0 Å². The molecule has 0 amide bonds. The molecule has 1 aliphatic heterocycles. The zero-order valence-electron chi connectivity index (χ0n) is 12.6. The van der Waals surface area contributed by atoms with Crippen LogP contribution in [-0.2, 0) is 0 Å². The number of piperidine rings is 1. The Bertz CT molecular complexity index is 488. The molecule has 1 N–H and O–H groups in total. The number of carbonyl (C=O) groups excluding carboxylic acids is 1. The van der Waals surface area contributed by atoms with Gasteiger partial charge in [0.05, 0.1) is 0 Å². The van der Waals surface area contributed by atoms with E-state index in [9.17, 15) is 9.18 Å². The van der Waals surface area contributed by atoms with E-state index in [2.05, 4.69) is 4.90 Å². The number of Topliss-reactive ketones (excluding diaryl/α,β-unsaturated/α-hetero) is 1. The first-order valence-corrected chi connectivity index (χ1v) is 7.72. The third-order valence-electron chi connectivity index (χ3n) is 4.29. The maximum Gasteiger partial charge on any atom is 0.164 e. The summed E-state index contributed by atoms with van der Waals surface area (Å²) in [5.41, 5.74) is 1.02. The highest BCUT2D eigenvalue weighted by molar-refractivity contribution is 5.96. The molecule has 1 saturated heterocycles. The number of hydrogen-bond donors (Lipinski definition) is 1. The van der Waals surface area contributed by atoms with Crippen LogP contribution in [0, 0.1) is 18.7 Å². The van der Waals surface area contributed by atoms with E-state index in [1.165, 1.54) is 6.07 Å². The molecule has 0 aromatic heterocycles. The lowest BCUT2D eigenvalue weighted by molar-refractivity contribution is 0.0937. The molecule has 0 bridgehead atoms. The number of aliphatic hydroxyl groups is 1. The van der Waals surface area contributed by atoms with Crippen molar-refractivity contribution >= 4 is 5.78 Å². The highest BCUT2D eigenvalue weighted by atomic mass is 19.1. The van der Waals surface area contributed by atoms with Crippen molar-refractivity contribution in [1.29, 1.82) is 0 Å². The van der Waals surface area contributed by atoms with Gasteiger partial charge in [0, 0.05) is 31.7 Å². The molecule has 0 radical (unpaired) electrons. The molecule has 1 heterocycles. The average molecular weight is 293 g/mol. The average Bonchev–Trinajstić information content (AvgIpc) is 2.48. The minimum atomic E-state index is -0.318.